The fourth-order valence-corrected chi connectivity index (χ4v) is 3.62. The van der Waals surface area contributed by atoms with E-state index in [1.165, 1.54) is 0 Å². The maximum absolute atomic E-state index is 13.0. The van der Waals surface area contributed by atoms with E-state index < -0.39 is 0 Å². The first-order chi connectivity index (χ1) is 13.7. The number of benzene rings is 3. The molecule has 3 heteroatoms. The van der Waals surface area contributed by atoms with Crippen molar-refractivity contribution in [1.82, 2.24) is 4.98 Å². The van der Waals surface area contributed by atoms with Gasteiger partial charge in [-0.15, -0.1) is 0 Å². The molecule has 0 spiro atoms. The lowest BCUT2D eigenvalue weighted by atomic mass is 9.85. The molecule has 0 bridgehead atoms. The van der Waals surface area contributed by atoms with Crippen LogP contribution in [0.25, 0.3) is 10.9 Å². The van der Waals surface area contributed by atoms with Crippen LogP contribution in [0.15, 0.2) is 79.0 Å². The van der Waals surface area contributed by atoms with Crippen molar-refractivity contribution in [2.45, 2.75) is 19.3 Å². The first kappa shape index (κ1) is 17.8. The van der Waals surface area contributed by atoms with E-state index in [1.807, 2.05) is 79.9 Å². The molecule has 1 N–H and O–H groups in total. The van der Waals surface area contributed by atoms with Crippen LogP contribution in [0, 0.1) is 18.3 Å². The smallest absolute Gasteiger partial charge is 0.163 e. The van der Waals surface area contributed by atoms with Crippen LogP contribution >= 0.6 is 0 Å². The highest BCUT2D eigenvalue weighted by atomic mass is 16.1. The van der Waals surface area contributed by atoms with Gasteiger partial charge in [-0.25, -0.2) is 0 Å². The Balaban J connectivity index is 1.75. The van der Waals surface area contributed by atoms with Crippen LogP contribution < -0.4 is 0 Å². The number of para-hydroxylation sites is 1. The Morgan fingerprint density at radius 3 is 2.43 bits per heavy atom. The molecule has 1 atom stereocenters. The third-order valence-electron chi connectivity index (χ3n) is 5.20. The Morgan fingerprint density at radius 1 is 1.00 bits per heavy atom. The van der Waals surface area contributed by atoms with Crippen molar-refractivity contribution in [1.29, 1.82) is 5.26 Å². The molecule has 3 aromatic carbocycles. The standard InChI is InChI=1S/C25H20N2O/c1-17-6-10-20(11-7-17)25(28)14-22(19-12-8-18(15-26)9-13-19)23-16-27-24-5-3-2-4-21(23)24/h2-13,16,22,27H,14H2,1H3. The zero-order valence-electron chi connectivity index (χ0n) is 15.6. The normalized spacial score (nSPS) is 11.9. The summed E-state index contributed by atoms with van der Waals surface area (Å²) >= 11 is 0. The highest BCUT2D eigenvalue weighted by molar-refractivity contribution is 5.97. The number of H-pyrrole nitrogens is 1. The van der Waals surface area contributed by atoms with Gasteiger partial charge >= 0.3 is 0 Å². The summed E-state index contributed by atoms with van der Waals surface area (Å²) in [6.45, 7) is 2.01. The summed E-state index contributed by atoms with van der Waals surface area (Å²) in [7, 11) is 0. The molecule has 0 radical (unpaired) electrons. The lowest BCUT2D eigenvalue weighted by Crippen LogP contribution is -2.09. The van der Waals surface area contributed by atoms with Gasteiger partial charge in [0.05, 0.1) is 11.6 Å². The molecular formula is C25H20N2O. The minimum absolute atomic E-state index is 0.0855. The van der Waals surface area contributed by atoms with Crippen LogP contribution in [0.4, 0.5) is 0 Å². The number of ketones is 1. The third kappa shape index (κ3) is 3.45. The zero-order chi connectivity index (χ0) is 19.5. The van der Waals surface area contributed by atoms with E-state index in [-0.39, 0.29) is 11.7 Å². The fourth-order valence-electron chi connectivity index (χ4n) is 3.62. The number of hydrogen-bond donors (Lipinski definition) is 1. The van der Waals surface area contributed by atoms with Crippen molar-refractivity contribution in [3.63, 3.8) is 0 Å². The Labute approximate surface area is 164 Å². The van der Waals surface area contributed by atoms with Crippen molar-refractivity contribution >= 4 is 16.7 Å². The molecule has 0 saturated heterocycles. The van der Waals surface area contributed by atoms with Crippen LogP contribution in [0.5, 0.6) is 0 Å². The van der Waals surface area contributed by atoms with Gasteiger partial charge in [0, 0.05) is 35.0 Å². The maximum Gasteiger partial charge on any atom is 0.163 e. The van der Waals surface area contributed by atoms with E-state index >= 15 is 0 Å². The van der Waals surface area contributed by atoms with Gasteiger partial charge in [-0.1, -0.05) is 60.2 Å². The molecule has 1 aromatic heterocycles. The number of nitrogens with zero attached hydrogens (tertiary/aromatic N) is 1. The van der Waals surface area contributed by atoms with Gasteiger partial charge in [0.1, 0.15) is 0 Å². The molecule has 28 heavy (non-hydrogen) atoms. The highest BCUT2D eigenvalue weighted by Gasteiger charge is 2.22. The number of aromatic nitrogens is 1. The molecular weight excluding hydrogens is 344 g/mol. The van der Waals surface area contributed by atoms with E-state index in [4.69, 9.17) is 5.26 Å². The summed E-state index contributed by atoms with van der Waals surface area (Å²) in [6.07, 6.45) is 2.37. The first-order valence-corrected chi connectivity index (χ1v) is 9.31. The van der Waals surface area contributed by atoms with E-state index in [9.17, 15) is 4.79 Å². The largest absolute Gasteiger partial charge is 0.361 e. The van der Waals surface area contributed by atoms with Gasteiger partial charge in [-0.3, -0.25) is 4.79 Å². The summed E-state index contributed by atoms with van der Waals surface area (Å²) in [6, 6.07) is 25.5. The minimum atomic E-state index is -0.0855. The monoisotopic (exact) mass is 364 g/mol. The molecule has 1 unspecified atom stereocenters. The number of nitriles is 1. The van der Waals surface area contributed by atoms with E-state index in [0.717, 1.165) is 33.2 Å². The van der Waals surface area contributed by atoms with Gasteiger partial charge in [0.25, 0.3) is 0 Å². The van der Waals surface area contributed by atoms with Crippen LogP contribution in [0.1, 0.15) is 45.0 Å². The summed E-state index contributed by atoms with van der Waals surface area (Å²) in [5.74, 6) is 0.0253. The van der Waals surface area contributed by atoms with Crippen LogP contribution in [-0.2, 0) is 0 Å². The topological polar surface area (TPSA) is 56.6 Å². The fraction of sp³-hybridized carbons (Fsp3) is 0.120. The Bertz CT molecular complexity index is 1160. The molecule has 0 fully saturated rings. The maximum atomic E-state index is 13.0. The molecule has 0 amide bonds. The predicted octanol–water partition coefficient (Wildman–Crippen LogP) is 5.75. The molecule has 4 rings (SSSR count). The highest BCUT2D eigenvalue weighted by Crippen LogP contribution is 2.34. The summed E-state index contributed by atoms with van der Waals surface area (Å²) in [5.41, 5.74) is 5.66. The Hall–Kier alpha value is -3.64. The van der Waals surface area contributed by atoms with Gasteiger partial charge < -0.3 is 4.98 Å². The molecule has 0 aliphatic heterocycles. The van der Waals surface area contributed by atoms with Crippen LogP contribution in [0.3, 0.4) is 0 Å². The number of carbonyl (C=O) groups excluding carboxylic acids is 1. The zero-order valence-corrected chi connectivity index (χ0v) is 15.6. The van der Waals surface area contributed by atoms with Gasteiger partial charge in [-0.2, -0.15) is 5.26 Å². The van der Waals surface area contributed by atoms with Crippen LogP contribution in [-0.4, -0.2) is 10.8 Å². The second-order valence-electron chi connectivity index (χ2n) is 7.07. The van der Waals surface area contributed by atoms with Crippen molar-refractivity contribution in [2.75, 3.05) is 0 Å². The van der Waals surface area contributed by atoms with Crippen molar-refractivity contribution in [3.8, 4) is 6.07 Å². The predicted molar refractivity (Wildman–Crippen MR) is 111 cm³/mol. The lowest BCUT2D eigenvalue weighted by Gasteiger charge is -2.17. The number of carbonyl (C=O) groups is 1. The van der Waals surface area contributed by atoms with Gasteiger partial charge in [-0.05, 0) is 36.2 Å². The second kappa shape index (κ2) is 7.54. The number of nitrogens with one attached hydrogen (secondary N) is 1. The number of aryl methyl sites for hydroxylation is 1. The van der Waals surface area contributed by atoms with Gasteiger partial charge in [0.2, 0.25) is 0 Å². The first-order valence-electron chi connectivity index (χ1n) is 9.31. The average Bonchev–Trinajstić information content (AvgIpc) is 3.16. The number of rotatable bonds is 5. The summed E-state index contributed by atoms with van der Waals surface area (Å²) in [4.78, 5) is 16.3. The van der Waals surface area contributed by atoms with E-state index in [0.29, 0.717) is 12.0 Å². The quantitative estimate of drug-likeness (QED) is 0.458. The average molecular weight is 364 g/mol. The number of Topliss-reactive ketones (excluding diaryl/α,β-unsaturated/α-hetero) is 1. The van der Waals surface area contributed by atoms with E-state index in [2.05, 4.69) is 17.1 Å². The molecule has 1 heterocycles. The van der Waals surface area contributed by atoms with Crippen LogP contribution in [0.2, 0.25) is 0 Å². The third-order valence-corrected chi connectivity index (χ3v) is 5.20. The van der Waals surface area contributed by atoms with Crippen molar-refractivity contribution < 1.29 is 4.79 Å². The second-order valence-corrected chi connectivity index (χ2v) is 7.07. The minimum Gasteiger partial charge on any atom is -0.361 e. The molecule has 4 aromatic rings. The van der Waals surface area contributed by atoms with Crippen molar-refractivity contribution in [2.24, 2.45) is 0 Å². The Morgan fingerprint density at radius 2 is 1.71 bits per heavy atom. The number of hydrogen-bond acceptors (Lipinski definition) is 2. The number of aromatic amines is 1. The lowest BCUT2D eigenvalue weighted by molar-refractivity contribution is 0.0978. The molecule has 0 aliphatic carbocycles. The SMILES string of the molecule is Cc1ccc(C(=O)CC(c2ccc(C#N)cc2)c2c[nH]c3ccccc23)cc1. The number of fused-ring (bicyclic) bond motifs is 1. The van der Waals surface area contributed by atoms with Gasteiger partial charge in [0.15, 0.2) is 5.78 Å². The van der Waals surface area contributed by atoms with Crippen molar-refractivity contribution in [3.05, 3.63) is 107 Å². The summed E-state index contributed by atoms with van der Waals surface area (Å²) in [5, 5.41) is 10.2. The van der Waals surface area contributed by atoms with E-state index in [1.54, 1.807) is 0 Å². The molecule has 3 nitrogen and oxygen atoms in total. The Kier molecular flexibility index (Phi) is 4.78. The molecule has 0 saturated carbocycles. The molecule has 0 aliphatic rings. The molecule has 136 valence electrons. The summed E-state index contributed by atoms with van der Waals surface area (Å²) < 4.78 is 0.